The van der Waals surface area contributed by atoms with Crippen LogP contribution in [-0.4, -0.2) is 31.5 Å². The van der Waals surface area contributed by atoms with Crippen LogP contribution in [0.2, 0.25) is 0 Å². The third-order valence-corrected chi connectivity index (χ3v) is 3.11. The summed E-state index contributed by atoms with van der Waals surface area (Å²) >= 11 is 0. The Hall–Kier alpha value is -1.62. The van der Waals surface area contributed by atoms with Gasteiger partial charge in [0.15, 0.2) is 0 Å². The van der Waals surface area contributed by atoms with Crippen LogP contribution in [0.15, 0.2) is 18.2 Å². The molecule has 20 heavy (non-hydrogen) atoms. The van der Waals surface area contributed by atoms with Crippen LogP contribution in [0.3, 0.4) is 0 Å². The van der Waals surface area contributed by atoms with Gasteiger partial charge in [-0.15, -0.1) is 0 Å². The van der Waals surface area contributed by atoms with E-state index in [1.54, 1.807) is 40.0 Å². The highest BCUT2D eigenvalue weighted by atomic mass is 19.1. The highest BCUT2D eigenvalue weighted by molar-refractivity contribution is 5.91. The molecule has 110 valence electrons. The van der Waals surface area contributed by atoms with Crippen LogP contribution in [0, 0.1) is 5.82 Å². The number of amides is 1. The Labute approximate surface area is 118 Å². The normalized spacial score (nSPS) is 18.1. The third-order valence-electron chi connectivity index (χ3n) is 3.11. The van der Waals surface area contributed by atoms with Crippen molar-refractivity contribution in [1.82, 2.24) is 0 Å². The molecule has 0 unspecified atom stereocenters. The molecule has 1 aliphatic heterocycles. The Balaban J connectivity index is 2.33. The lowest BCUT2D eigenvalue weighted by atomic mass is 10.1. The first kappa shape index (κ1) is 14.8. The Kier molecular flexibility index (Phi) is 3.99. The van der Waals surface area contributed by atoms with E-state index in [1.165, 1.54) is 11.0 Å². The van der Waals surface area contributed by atoms with Crippen molar-refractivity contribution in [2.75, 3.05) is 18.6 Å². The minimum atomic E-state index is -0.592. The van der Waals surface area contributed by atoms with Gasteiger partial charge in [-0.3, -0.25) is 4.90 Å². The number of nitrogens with zero attached hydrogens (tertiary/aromatic N) is 1. The van der Waals surface area contributed by atoms with Crippen LogP contribution in [0.4, 0.5) is 14.9 Å². The largest absolute Gasteiger partial charge is 0.443 e. The first-order chi connectivity index (χ1) is 9.33. The molecule has 0 N–H and O–H groups in total. The van der Waals surface area contributed by atoms with Crippen molar-refractivity contribution in [1.29, 1.82) is 0 Å². The fourth-order valence-electron chi connectivity index (χ4n) is 2.38. The van der Waals surface area contributed by atoms with Gasteiger partial charge in [0.25, 0.3) is 0 Å². The third kappa shape index (κ3) is 2.93. The molecule has 4 nitrogen and oxygen atoms in total. The maximum atomic E-state index is 13.9. The molecule has 0 saturated heterocycles. The first-order valence-electron chi connectivity index (χ1n) is 6.62. The van der Waals surface area contributed by atoms with Crippen LogP contribution in [0.5, 0.6) is 0 Å². The zero-order valence-corrected chi connectivity index (χ0v) is 12.3. The lowest BCUT2D eigenvalue weighted by Crippen LogP contribution is -2.43. The maximum absolute atomic E-state index is 13.9. The Bertz CT molecular complexity index is 510. The smallest absolute Gasteiger partial charge is 0.415 e. The average molecular weight is 281 g/mol. The lowest BCUT2D eigenvalue weighted by molar-refractivity contribution is 0.0548. The molecule has 0 aliphatic carbocycles. The van der Waals surface area contributed by atoms with Crippen molar-refractivity contribution in [2.45, 2.75) is 38.8 Å². The molecule has 0 aromatic heterocycles. The van der Waals surface area contributed by atoms with Gasteiger partial charge in [-0.05, 0) is 32.9 Å². The average Bonchev–Trinajstić information content (AvgIpc) is 2.67. The van der Waals surface area contributed by atoms with E-state index >= 15 is 0 Å². The molecule has 0 fully saturated rings. The minimum absolute atomic E-state index is 0.234. The van der Waals surface area contributed by atoms with Gasteiger partial charge in [-0.25, -0.2) is 9.18 Å². The summed E-state index contributed by atoms with van der Waals surface area (Å²) in [6.45, 7) is 5.75. The number of benzene rings is 1. The molecule has 0 spiro atoms. The molecule has 1 aromatic carbocycles. The Morgan fingerprint density at radius 3 is 2.75 bits per heavy atom. The number of fused-ring (bicyclic) bond motifs is 1. The molecular weight excluding hydrogens is 261 g/mol. The number of rotatable bonds is 2. The van der Waals surface area contributed by atoms with Crippen molar-refractivity contribution in [3.8, 4) is 0 Å². The summed E-state index contributed by atoms with van der Waals surface area (Å²) < 4.78 is 24.4. The van der Waals surface area contributed by atoms with Crippen molar-refractivity contribution in [2.24, 2.45) is 0 Å². The predicted molar refractivity (Wildman–Crippen MR) is 74.5 cm³/mol. The monoisotopic (exact) mass is 281 g/mol. The van der Waals surface area contributed by atoms with Crippen molar-refractivity contribution < 1.29 is 18.7 Å². The summed E-state index contributed by atoms with van der Waals surface area (Å²) in [4.78, 5) is 13.8. The molecule has 0 bridgehead atoms. The molecular formula is C15H20FNO3. The molecule has 1 amide bonds. The van der Waals surface area contributed by atoms with Gasteiger partial charge in [0.05, 0.1) is 18.3 Å². The van der Waals surface area contributed by atoms with Crippen molar-refractivity contribution in [3.63, 3.8) is 0 Å². The highest BCUT2D eigenvalue weighted by Gasteiger charge is 2.37. The summed E-state index contributed by atoms with van der Waals surface area (Å²) in [5, 5.41) is 0. The van der Waals surface area contributed by atoms with Crippen molar-refractivity contribution in [3.05, 3.63) is 29.6 Å². The van der Waals surface area contributed by atoms with Gasteiger partial charge in [-0.2, -0.15) is 0 Å². The van der Waals surface area contributed by atoms with Crippen LogP contribution < -0.4 is 4.90 Å². The number of hydrogen-bond donors (Lipinski definition) is 0. The van der Waals surface area contributed by atoms with Crippen LogP contribution in [0.1, 0.15) is 26.3 Å². The van der Waals surface area contributed by atoms with Gasteiger partial charge < -0.3 is 9.47 Å². The molecule has 1 heterocycles. The van der Waals surface area contributed by atoms with Crippen molar-refractivity contribution >= 4 is 11.8 Å². The second-order valence-corrected chi connectivity index (χ2v) is 5.90. The number of hydrogen-bond acceptors (Lipinski definition) is 3. The quantitative estimate of drug-likeness (QED) is 0.836. The van der Waals surface area contributed by atoms with Gasteiger partial charge in [-0.1, -0.05) is 6.07 Å². The van der Waals surface area contributed by atoms with Crippen LogP contribution >= 0.6 is 0 Å². The van der Waals surface area contributed by atoms with Gasteiger partial charge in [0.2, 0.25) is 0 Å². The summed E-state index contributed by atoms with van der Waals surface area (Å²) in [6.07, 6.45) is -0.0290. The number of ether oxygens (including phenoxy) is 2. The van der Waals surface area contributed by atoms with E-state index < -0.39 is 11.7 Å². The van der Waals surface area contributed by atoms with E-state index in [2.05, 4.69) is 0 Å². The molecule has 2 rings (SSSR count). The summed E-state index contributed by atoms with van der Waals surface area (Å²) in [5.74, 6) is -0.297. The zero-order valence-electron chi connectivity index (χ0n) is 12.3. The van der Waals surface area contributed by atoms with Crippen LogP contribution in [0.25, 0.3) is 0 Å². The van der Waals surface area contributed by atoms with E-state index in [4.69, 9.17) is 9.47 Å². The van der Waals surface area contributed by atoms with Gasteiger partial charge in [0.1, 0.15) is 11.4 Å². The Morgan fingerprint density at radius 2 is 2.15 bits per heavy atom. The molecule has 0 radical (unpaired) electrons. The number of anilines is 1. The van der Waals surface area contributed by atoms with E-state index in [1.807, 2.05) is 0 Å². The lowest BCUT2D eigenvalue weighted by Gasteiger charge is -2.28. The zero-order chi connectivity index (χ0) is 14.9. The summed E-state index contributed by atoms with van der Waals surface area (Å²) in [5.41, 5.74) is 0.520. The molecule has 5 heteroatoms. The molecule has 1 aliphatic rings. The van der Waals surface area contributed by atoms with E-state index in [0.29, 0.717) is 24.3 Å². The fraction of sp³-hybridized carbons (Fsp3) is 0.533. The summed E-state index contributed by atoms with van der Waals surface area (Å²) in [7, 11) is 1.56. The number of halogens is 1. The topological polar surface area (TPSA) is 38.8 Å². The second-order valence-electron chi connectivity index (χ2n) is 5.90. The first-order valence-corrected chi connectivity index (χ1v) is 6.62. The highest BCUT2D eigenvalue weighted by Crippen LogP contribution is 2.35. The number of carbonyl (C=O) groups excluding carboxylic acids is 1. The molecule has 1 aromatic rings. The number of methoxy groups -OCH3 is 1. The van der Waals surface area contributed by atoms with Crippen LogP contribution in [-0.2, 0) is 15.9 Å². The minimum Gasteiger partial charge on any atom is -0.443 e. The van der Waals surface area contributed by atoms with E-state index in [0.717, 1.165) is 0 Å². The summed E-state index contributed by atoms with van der Waals surface area (Å²) in [6, 6.07) is 4.50. The molecule has 1 atom stereocenters. The number of carbonyl (C=O) groups is 1. The van der Waals surface area contributed by atoms with Gasteiger partial charge >= 0.3 is 6.09 Å². The SMILES string of the molecule is COC[C@H]1Cc2c(F)cccc2N1C(=O)OC(C)(C)C. The fourth-order valence-corrected chi connectivity index (χ4v) is 2.38. The molecule has 0 saturated carbocycles. The van der Waals surface area contributed by atoms with E-state index in [9.17, 15) is 9.18 Å². The van der Waals surface area contributed by atoms with E-state index in [-0.39, 0.29) is 11.9 Å². The predicted octanol–water partition coefficient (Wildman–Crippen LogP) is 3.14. The Morgan fingerprint density at radius 1 is 1.45 bits per heavy atom. The maximum Gasteiger partial charge on any atom is 0.415 e. The standard InChI is InChI=1S/C15H20FNO3/c1-15(2,3)20-14(18)17-10(9-19-4)8-11-12(16)6-5-7-13(11)17/h5-7,10H,8-9H2,1-4H3/t10-/m1/s1. The van der Waals surface area contributed by atoms with Gasteiger partial charge in [0, 0.05) is 19.1 Å². The second kappa shape index (κ2) is 5.40.